The van der Waals surface area contributed by atoms with E-state index in [2.05, 4.69) is 0 Å². The Hall–Kier alpha value is -3.86. The Balaban J connectivity index is 1.77. The van der Waals surface area contributed by atoms with Gasteiger partial charge in [0.1, 0.15) is 11.5 Å². The number of Topliss-reactive ketones (excluding diaryl/α,β-unsaturated/α-hetero) is 1. The lowest BCUT2D eigenvalue weighted by Gasteiger charge is -2.25. The largest absolute Gasteiger partial charge is 0.507 e. The standard InChI is InChI=1S/C27H25NO4/c1-18-8-10-21(11-9-18)25(29)23-24(20-12-14-22(32-2)15-13-20)28(27(31)26(23)30)17-16-19-6-4-3-5-7-19/h3-15,24,29H,16-17H2,1-2H3/t24-/m1/s1. The van der Waals surface area contributed by atoms with Crippen LogP contribution in [0.5, 0.6) is 5.75 Å². The number of ether oxygens (including phenoxy) is 1. The van der Waals surface area contributed by atoms with Gasteiger partial charge in [-0.15, -0.1) is 0 Å². The minimum atomic E-state index is -0.675. The van der Waals surface area contributed by atoms with Crippen LogP contribution >= 0.6 is 0 Å². The SMILES string of the molecule is COc1ccc([C@@H]2C(=C(O)c3ccc(C)cc3)C(=O)C(=O)N2CCc2ccccc2)cc1. The monoisotopic (exact) mass is 427 g/mol. The van der Waals surface area contributed by atoms with Crippen molar-refractivity contribution in [2.75, 3.05) is 13.7 Å². The van der Waals surface area contributed by atoms with Crippen LogP contribution in [0.15, 0.2) is 84.4 Å². The highest BCUT2D eigenvalue weighted by molar-refractivity contribution is 6.46. The van der Waals surface area contributed by atoms with Gasteiger partial charge in [0.05, 0.1) is 18.7 Å². The zero-order valence-electron chi connectivity index (χ0n) is 18.1. The summed E-state index contributed by atoms with van der Waals surface area (Å²) in [4.78, 5) is 27.7. The van der Waals surface area contributed by atoms with E-state index < -0.39 is 17.7 Å². The molecule has 5 heteroatoms. The summed E-state index contributed by atoms with van der Waals surface area (Å²) in [6.07, 6.45) is 0.602. The molecule has 1 saturated heterocycles. The van der Waals surface area contributed by atoms with Crippen molar-refractivity contribution in [2.24, 2.45) is 0 Å². The van der Waals surface area contributed by atoms with Crippen LogP contribution in [-0.2, 0) is 16.0 Å². The van der Waals surface area contributed by atoms with Gasteiger partial charge < -0.3 is 14.7 Å². The third kappa shape index (κ3) is 4.14. The van der Waals surface area contributed by atoms with E-state index in [0.29, 0.717) is 24.3 Å². The fourth-order valence-electron chi connectivity index (χ4n) is 4.00. The second-order valence-corrected chi connectivity index (χ2v) is 7.87. The number of carbonyl (C=O) groups excluding carboxylic acids is 2. The maximum absolute atomic E-state index is 13.1. The topological polar surface area (TPSA) is 66.8 Å². The Morgan fingerprint density at radius 3 is 2.22 bits per heavy atom. The predicted molar refractivity (Wildman–Crippen MR) is 123 cm³/mol. The van der Waals surface area contributed by atoms with Crippen LogP contribution in [-0.4, -0.2) is 35.4 Å². The first-order chi connectivity index (χ1) is 15.5. The van der Waals surface area contributed by atoms with Crippen molar-refractivity contribution in [2.45, 2.75) is 19.4 Å². The Kier molecular flexibility index (Phi) is 6.08. The van der Waals surface area contributed by atoms with E-state index in [-0.39, 0.29) is 11.3 Å². The van der Waals surface area contributed by atoms with E-state index in [0.717, 1.165) is 16.7 Å². The number of aliphatic hydroxyl groups excluding tert-OH is 1. The number of rotatable bonds is 6. The van der Waals surface area contributed by atoms with Gasteiger partial charge in [-0.3, -0.25) is 9.59 Å². The van der Waals surface area contributed by atoms with E-state index >= 15 is 0 Å². The molecule has 0 spiro atoms. The van der Waals surface area contributed by atoms with Crippen LogP contribution in [0.1, 0.15) is 28.3 Å². The Morgan fingerprint density at radius 2 is 1.59 bits per heavy atom. The van der Waals surface area contributed by atoms with Gasteiger partial charge in [0.25, 0.3) is 11.7 Å². The lowest BCUT2D eigenvalue weighted by atomic mass is 9.95. The molecule has 3 aromatic carbocycles. The summed E-state index contributed by atoms with van der Waals surface area (Å²) in [5, 5.41) is 11.1. The lowest BCUT2D eigenvalue weighted by molar-refractivity contribution is -0.139. The Bertz CT molecular complexity index is 1150. The molecule has 1 amide bonds. The van der Waals surface area contributed by atoms with Crippen molar-refractivity contribution in [1.29, 1.82) is 0 Å². The molecule has 1 fully saturated rings. The minimum absolute atomic E-state index is 0.108. The zero-order chi connectivity index (χ0) is 22.7. The van der Waals surface area contributed by atoms with Crippen LogP contribution in [0.3, 0.4) is 0 Å². The fraction of sp³-hybridized carbons (Fsp3) is 0.185. The number of hydrogen-bond acceptors (Lipinski definition) is 4. The number of nitrogens with zero attached hydrogens (tertiary/aromatic N) is 1. The van der Waals surface area contributed by atoms with Crippen LogP contribution in [0, 0.1) is 6.92 Å². The average Bonchev–Trinajstić information content (AvgIpc) is 3.08. The maximum Gasteiger partial charge on any atom is 0.295 e. The first-order valence-electron chi connectivity index (χ1n) is 10.5. The number of hydrogen-bond donors (Lipinski definition) is 1. The molecular weight excluding hydrogens is 402 g/mol. The summed E-state index contributed by atoms with van der Waals surface area (Å²) in [6, 6.07) is 23.6. The third-order valence-corrected chi connectivity index (χ3v) is 5.78. The number of carbonyl (C=O) groups is 2. The van der Waals surface area contributed by atoms with Crippen LogP contribution < -0.4 is 4.74 Å². The smallest absolute Gasteiger partial charge is 0.295 e. The summed E-state index contributed by atoms with van der Waals surface area (Å²) in [7, 11) is 1.58. The van der Waals surface area contributed by atoms with Gasteiger partial charge in [-0.05, 0) is 36.6 Å². The molecule has 0 saturated carbocycles. The molecule has 0 aromatic heterocycles. The van der Waals surface area contributed by atoms with E-state index in [9.17, 15) is 14.7 Å². The summed E-state index contributed by atoms with van der Waals surface area (Å²) >= 11 is 0. The normalized spacial score (nSPS) is 17.6. The highest BCUT2D eigenvalue weighted by Gasteiger charge is 2.45. The number of ketones is 1. The Morgan fingerprint density at radius 1 is 0.938 bits per heavy atom. The minimum Gasteiger partial charge on any atom is -0.507 e. The summed E-state index contributed by atoms with van der Waals surface area (Å²) in [5.41, 5.74) is 3.47. The van der Waals surface area contributed by atoms with Gasteiger partial charge in [-0.25, -0.2) is 0 Å². The third-order valence-electron chi connectivity index (χ3n) is 5.78. The molecule has 1 atom stereocenters. The van der Waals surface area contributed by atoms with Crippen molar-refractivity contribution < 1.29 is 19.4 Å². The number of aryl methyl sites for hydroxylation is 1. The van der Waals surface area contributed by atoms with Crippen molar-refractivity contribution in [3.05, 3.63) is 107 Å². The molecule has 4 rings (SSSR count). The van der Waals surface area contributed by atoms with E-state index in [1.165, 1.54) is 0 Å². The van der Waals surface area contributed by atoms with Crippen molar-refractivity contribution in [3.63, 3.8) is 0 Å². The summed E-state index contributed by atoms with van der Waals surface area (Å²) in [5.74, 6) is -0.757. The molecule has 1 heterocycles. The summed E-state index contributed by atoms with van der Waals surface area (Å²) in [6.45, 7) is 2.31. The van der Waals surface area contributed by atoms with E-state index in [4.69, 9.17) is 4.74 Å². The average molecular weight is 428 g/mol. The number of aliphatic hydroxyl groups is 1. The molecule has 1 N–H and O–H groups in total. The van der Waals surface area contributed by atoms with E-state index in [1.54, 1.807) is 36.3 Å². The second kappa shape index (κ2) is 9.10. The molecule has 3 aromatic rings. The highest BCUT2D eigenvalue weighted by Crippen LogP contribution is 2.39. The molecule has 32 heavy (non-hydrogen) atoms. The second-order valence-electron chi connectivity index (χ2n) is 7.87. The maximum atomic E-state index is 13.1. The zero-order valence-corrected chi connectivity index (χ0v) is 18.1. The van der Waals surface area contributed by atoms with Crippen LogP contribution in [0.2, 0.25) is 0 Å². The van der Waals surface area contributed by atoms with Gasteiger partial charge in [-0.1, -0.05) is 72.3 Å². The molecule has 0 unspecified atom stereocenters. The van der Waals surface area contributed by atoms with Crippen LogP contribution in [0.25, 0.3) is 5.76 Å². The predicted octanol–water partition coefficient (Wildman–Crippen LogP) is 4.67. The fourth-order valence-corrected chi connectivity index (χ4v) is 4.00. The van der Waals surface area contributed by atoms with Gasteiger partial charge >= 0.3 is 0 Å². The molecule has 162 valence electrons. The van der Waals surface area contributed by atoms with Gasteiger partial charge in [0.2, 0.25) is 0 Å². The molecule has 0 bridgehead atoms. The number of likely N-dealkylation sites (tertiary alicyclic amines) is 1. The van der Waals surface area contributed by atoms with Crippen molar-refractivity contribution in [1.82, 2.24) is 4.90 Å². The molecule has 1 aliphatic heterocycles. The molecule has 1 aliphatic rings. The van der Waals surface area contributed by atoms with Gasteiger partial charge in [0.15, 0.2) is 0 Å². The summed E-state index contributed by atoms with van der Waals surface area (Å²) < 4.78 is 5.25. The van der Waals surface area contributed by atoms with E-state index in [1.807, 2.05) is 61.5 Å². The molecule has 0 aliphatic carbocycles. The van der Waals surface area contributed by atoms with Gasteiger partial charge in [-0.2, -0.15) is 0 Å². The number of benzene rings is 3. The highest BCUT2D eigenvalue weighted by atomic mass is 16.5. The number of methoxy groups -OCH3 is 1. The quantitative estimate of drug-likeness (QED) is 0.353. The molecule has 0 radical (unpaired) electrons. The first kappa shape index (κ1) is 21.4. The van der Waals surface area contributed by atoms with Crippen molar-refractivity contribution >= 4 is 17.4 Å². The first-order valence-corrected chi connectivity index (χ1v) is 10.5. The number of amides is 1. The molecular formula is C27H25NO4. The van der Waals surface area contributed by atoms with Gasteiger partial charge in [0, 0.05) is 12.1 Å². The van der Waals surface area contributed by atoms with Crippen molar-refractivity contribution in [3.8, 4) is 5.75 Å². The Labute approximate surface area is 187 Å². The molecule has 5 nitrogen and oxygen atoms in total. The lowest BCUT2D eigenvalue weighted by Crippen LogP contribution is -2.31. The van der Waals surface area contributed by atoms with Crippen LogP contribution in [0.4, 0.5) is 0 Å².